The van der Waals surface area contributed by atoms with Crippen molar-refractivity contribution in [2.75, 3.05) is 0 Å². The van der Waals surface area contributed by atoms with Crippen LogP contribution in [0.4, 0.5) is 0 Å². The van der Waals surface area contributed by atoms with Crippen LogP contribution in [0, 0.1) is 6.92 Å². The third kappa shape index (κ3) is 2.66. The molecular weight excluding hydrogens is 312 g/mol. The van der Waals surface area contributed by atoms with E-state index in [1.807, 2.05) is 11.6 Å². The van der Waals surface area contributed by atoms with Crippen molar-refractivity contribution in [1.82, 2.24) is 15.2 Å². The third-order valence-corrected chi connectivity index (χ3v) is 4.73. The second-order valence-electron chi connectivity index (χ2n) is 4.14. The second-order valence-corrected chi connectivity index (χ2v) is 5.71. The summed E-state index contributed by atoms with van der Waals surface area (Å²) in [6.07, 6.45) is 0.822. The van der Waals surface area contributed by atoms with Crippen molar-refractivity contribution in [3.05, 3.63) is 38.3 Å². The van der Waals surface area contributed by atoms with E-state index in [4.69, 9.17) is 5.84 Å². The van der Waals surface area contributed by atoms with E-state index >= 15 is 0 Å². The Bertz CT molecular complexity index is 506. The number of hydrogen-bond acceptors (Lipinski definition) is 4. The third-order valence-electron chi connectivity index (χ3n) is 3.00. The van der Waals surface area contributed by atoms with Crippen LogP contribution in [0.3, 0.4) is 0 Å². The van der Waals surface area contributed by atoms with Gasteiger partial charge in [0, 0.05) is 13.0 Å². The number of aromatic nitrogens is 2. The van der Waals surface area contributed by atoms with Gasteiger partial charge in [-0.25, -0.2) is 0 Å². The number of hydrogen-bond donors (Lipinski definition) is 2. The molecule has 0 aliphatic heterocycles. The monoisotopic (exact) mass is 328 g/mol. The minimum Gasteiger partial charge on any atom is -0.271 e. The Morgan fingerprint density at radius 2 is 2.39 bits per heavy atom. The quantitative estimate of drug-likeness (QED) is 0.655. The molecule has 0 aromatic carbocycles. The molecular formula is C12H17BrN4S. The zero-order chi connectivity index (χ0) is 13.1. The molecule has 0 saturated carbocycles. The summed E-state index contributed by atoms with van der Waals surface area (Å²) < 4.78 is 3.11. The molecule has 1 unspecified atom stereocenters. The first-order chi connectivity index (χ1) is 8.67. The van der Waals surface area contributed by atoms with Gasteiger partial charge in [-0.2, -0.15) is 16.4 Å². The highest BCUT2D eigenvalue weighted by Gasteiger charge is 2.18. The molecule has 2 aromatic heterocycles. The van der Waals surface area contributed by atoms with E-state index in [0.717, 1.165) is 23.1 Å². The highest BCUT2D eigenvalue weighted by atomic mass is 79.9. The molecule has 0 aliphatic rings. The van der Waals surface area contributed by atoms with Crippen LogP contribution in [0.15, 0.2) is 21.3 Å². The number of hydrazine groups is 1. The first-order valence-corrected chi connectivity index (χ1v) is 7.61. The highest BCUT2D eigenvalue weighted by Crippen LogP contribution is 2.27. The molecule has 0 amide bonds. The van der Waals surface area contributed by atoms with Gasteiger partial charge in [0.25, 0.3) is 0 Å². The number of thiophene rings is 1. The summed E-state index contributed by atoms with van der Waals surface area (Å²) in [5.41, 5.74) is 6.31. The van der Waals surface area contributed by atoms with Crippen LogP contribution in [-0.2, 0) is 13.0 Å². The second kappa shape index (κ2) is 5.97. The average Bonchev–Trinajstić information content (AvgIpc) is 2.98. The minimum absolute atomic E-state index is 0.119. The van der Waals surface area contributed by atoms with E-state index < -0.39 is 0 Å². The first-order valence-electron chi connectivity index (χ1n) is 5.87. The Morgan fingerprint density at radius 3 is 2.94 bits per heavy atom. The molecule has 3 N–H and O–H groups in total. The van der Waals surface area contributed by atoms with Crippen LogP contribution in [0.25, 0.3) is 0 Å². The Balaban J connectivity index is 2.27. The molecule has 6 heteroatoms. The molecule has 2 rings (SSSR count). The average molecular weight is 329 g/mol. The van der Waals surface area contributed by atoms with Crippen molar-refractivity contribution in [1.29, 1.82) is 0 Å². The summed E-state index contributed by atoms with van der Waals surface area (Å²) in [4.78, 5) is 0. The number of nitrogens with zero attached hydrogens (tertiary/aromatic N) is 2. The van der Waals surface area contributed by atoms with Crippen LogP contribution in [0.2, 0.25) is 0 Å². The summed E-state index contributed by atoms with van der Waals surface area (Å²) in [5.74, 6) is 5.67. The first kappa shape index (κ1) is 13.7. The zero-order valence-electron chi connectivity index (χ0n) is 10.5. The van der Waals surface area contributed by atoms with Crippen LogP contribution in [-0.4, -0.2) is 9.78 Å². The molecule has 0 fully saturated rings. The lowest BCUT2D eigenvalue weighted by atomic mass is 10.1. The van der Waals surface area contributed by atoms with E-state index in [-0.39, 0.29) is 6.04 Å². The minimum atomic E-state index is 0.119. The maximum absolute atomic E-state index is 5.67. The van der Waals surface area contributed by atoms with E-state index in [9.17, 15) is 0 Å². The molecule has 4 nitrogen and oxygen atoms in total. The number of nitrogens with one attached hydrogen (secondary N) is 1. The van der Waals surface area contributed by atoms with Gasteiger partial charge in [-0.15, -0.1) is 0 Å². The lowest BCUT2D eigenvalue weighted by Gasteiger charge is -2.15. The van der Waals surface area contributed by atoms with E-state index in [1.54, 1.807) is 11.3 Å². The molecule has 2 aromatic rings. The van der Waals surface area contributed by atoms with Gasteiger partial charge < -0.3 is 0 Å². The van der Waals surface area contributed by atoms with Crippen LogP contribution >= 0.6 is 27.3 Å². The van der Waals surface area contributed by atoms with Crippen LogP contribution < -0.4 is 11.3 Å². The summed E-state index contributed by atoms with van der Waals surface area (Å²) in [6, 6.07) is 2.22. The van der Waals surface area contributed by atoms with Crippen molar-refractivity contribution in [2.24, 2.45) is 5.84 Å². The summed E-state index contributed by atoms with van der Waals surface area (Å²) in [7, 11) is 0. The van der Waals surface area contributed by atoms with Gasteiger partial charge in [-0.05, 0) is 52.2 Å². The Labute approximate surface area is 119 Å². The van der Waals surface area contributed by atoms with Gasteiger partial charge in [0.1, 0.15) is 0 Å². The van der Waals surface area contributed by atoms with Gasteiger partial charge in [-0.3, -0.25) is 16.0 Å². The normalized spacial score (nSPS) is 12.9. The highest BCUT2D eigenvalue weighted by molar-refractivity contribution is 9.10. The van der Waals surface area contributed by atoms with Gasteiger partial charge in [0.05, 0.1) is 21.9 Å². The predicted molar refractivity (Wildman–Crippen MR) is 78.4 cm³/mol. The molecule has 0 saturated heterocycles. The van der Waals surface area contributed by atoms with E-state index in [2.05, 4.69) is 50.2 Å². The fourth-order valence-electron chi connectivity index (χ4n) is 2.00. The number of aryl methyl sites for hydroxylation is 2. The molecule has 0 radical (unpaired) electrons. The largest absolute Gasteiger partial charge is 0.271 e. The molecule has 18 heavy (non-hydrogen) atoms. The number of halogens is 1. The van der Waals surface area contributed by atoms with Gasteiger partial charge in [-0.1, -0.05) is 0 Å². The van der Waals surface area contributed by atoms with Crippen molar-refractivity contribution < 1.29 is 0 Å². The number of nitrogens with two attached hydrogens (primary N) is 1. The summed E-state index contributed by atoms with van der Waals surface area (Å²) >= 11 is 5.30. The van der Waals surface area contributed by atoms with E-state index in [0.29, 0.717) is 0 Å². The van der Waals surface area contributed by atoms with Crippen molar-refractivity contribution in [3.8, 4) is 0 Å². The predicted octanol–water partition coefficient (Wildman–Crippen LogP) is 2.78. The maximum Gasteiger partial charge on any atom is 0.0738 e. The molecule has 0 aliphatic carbocycles. The molecule has 98 valence electrons. The zero-order valence-corrected chi connectivity index (χ0v) is 12.9. The lowest BCUT2D eigenvalue weighted by Crippen LogP contribution is -2.30. The molecule has 1 atom stereocenters. The fourth-order valence-corrected chi connectivity index (χ4v) is 3.16. The van der Waals surface area contributed by atoms with Crippen LogP contribution in [0.1, 0.15) is 29.9 Å². The van der Waals surface area contributed by atoms with E-state index in [1.165, 1.54) is 11.3 Å². The fraction of sp³-hybridized carbons (Fsp3) is 0.417. The SMILES string of the molecule is CCn1nc(C)c(Br)c1CC(NN)c1ccsc1. The Morgan fingerprint density at radius 1 is 1.61 bits per heavy atom. The van der Waals surface area contributed by atoms with Crippen LogP contribution in [0.5, 0.6) is 0 Å². The summed E-state index contributed by atoms with van der Waals surface area (Å²) in [5, 5.41) is 8.69. The Kier molecular flexibility index (Phi) is 4.55. The topological polar surface area (TPSA) is 55.9 Å². The van der Waals surface area contributed by atoms with Gasteiger partial charge >= 0.3 is 0 Å². The number of rotatable bonds is 5. The van der Waals surface area contributed by atoms with Gasteiger partial charge in [0.15, 0.2) is 0 Å². The standard InChI is InChI=1S/C12H17BrN4S/c1-3-17-11(12(13)8(2)16-17)6-10(15-14)9-4-5-18-7-9/h4-5,7,10,15H,3,6,14H2,1-2H3. The maximum atomic E-state index is 5.67. The van der Waals surface area contributed by atoms with Gasteiger partial charge in [0.2, 0.25) is 0 Å². The van der Waals surface area contributed by atoms with Crippen molar-refractivity contribution in [3.63, 3.8) is 0 Å². The molecule has 0 spiro atoms. The molecule has 2 heterocycles. The summed E-state index contributed by atoms with van der Waals surface area (Å²) in [6.45, 7) is 4.97. The van der Waals surface area contributed by atoms with Crippen molar-refractivity contribution in [2.45, 2.75) is 32.9 Å². The Hall–Kier alpha value is -0.690. The van der Waals surface area contributed by atoms with Crippen molar-refractivity contribution >= 4 is 27.3 Å². The smallest absolute Gasteiger partial charge is 0.0738 e. The lowest BCUT2D eigenvalue weighted by molar-refractivity contribution is 0.517. The molecule has 0 bridgehead atoms.